The molecule has 1 unspecified atom stereocenters. The number of nitrogens with zero attached hydrogens (tertiary/aromatic N) is 2. The average Bonchev–Trinajstić information content (AvgIpc) is 2.79. The largest absolute Gasteiger partial charge is 0.298 e. The van der Waals surface area contributed by atoms with Crippen LogP contribution in [0.4, 0.5) is 5.69 Å². The molecule has 5 heteroatoms. The Kier molecular flexibility index (Phi) is 5.67. The number of carbonyl (C=O) groups is 2. The van der Waals surface area contributed by atoms with Gasteiger partial charge < -0.3 is 0 Å². The van der Waals surface area contributed by atoms with E-state index >= 15 is 0 Å². The van der Waals surface area contributed by atoms with Crippen molar-refractivity contribution in [1.29, 1.82) is 0 Å². The molecular formula is C16H19BrN2O2. The van der Waals surface area contributed by atoms with Crippen molar-refractivity contribution in [2.45, 2.75) is 32.6 Å². The number of carbonyl (C=O) groups excluding carboxylic acids is 2. The Labute approximate surface area is 133 Å². The molecule has 1 heterocycles. The third kappa shape index (κ3) is 3.79. The van der Waals surface area contributed by atoms with E-state index < -0.39 is 5.92 Å². The highest BCUT2D eigenvalue weighted by molar-refractivity contribution is 9.09. The van der Waals surface area contributed by atoms with E-state index in [1.54, 1.807) is 6.92 Å². The number of benzene rings is 1. The standard InChI is InChI=1S/C16H19BrN2O2/c1-12-15(14(20)10-6-3-7-11-17)16(21)19(18-12)13-8-4-2-5-9-13/h2,4-5,8-9,15H,3,6-7,10-11H2,1H3. The minimum absolute atomic E-state index is 0.0192. The second-order valence-electron chi connectivity index (χ2n) is 5.13. The second-order valence-corrected chi connectivity index (χ2v) is 5.92. The lowest BCUT2D eigenvalue weighted by Gasteiger charge is -2.13. The molecule has 0 saturated heterocycles. The van der Waals surface area contributed by atoms with E-state index in [4.69, 9.17) is 0 Å². The molecule has 21 heavy (non-hydrogen) atoms. The molecule has 2 rings (SSSR count). The lowest BCUT2D eigenvalue weighted by molar-refractivity contribution is -0.129. The minimum Gasteiger partial charge on any atom is -0.298 e. The number of hydrazone groups is 1. The van der Waals surface area contributed by atoms with Crippen molar-refractivity contribution < 1.29 is 9.59 Å². The van der Waals surface area contributed by atoms with Crippen LogP contribution in [0.25, 0.3) is 0 Å². The third-order valence-electron chi connectivity index (χ3n) is 3.51. The molecule has 1 atom stereocenters. The van der Waals surface area contributed by atoms with Crippen LogP contribution in [0.2, 0.25) is 0 Å². The number of anilines is 1. The van der Waals surface area contributed by atoms with Crippen LogP contribution in [0.1, 0.15) is 32.6 Å². The van der Waals surface area contributed by atoms with Gasteiger partial charge in [0.2, 0.25) is 0 Å². The summed E-state index contributed by atoms with van der Waals surface area (Å²) in [5.74, 6) is -0.951. The maximum Gasteiger partial charge on any atom is 0.263 e. The van der Waals surface area contributed by atoms with Crippen LogP contribution in [0, 0.1) is 5.92 Å². The number of unbranched alkanes of at least 4 members (excludes halogenated alkanes) is 2. The highest BCUT2D eigenvalue weighted by Gasteiger charge is 2.38. The lowest BCUT2D eigenvalue weighted by atomic mass is 9.95. The zero-order chi connectivity index (χ0) is 15.2. The summed E-state index contributed by atoms with van der Waals surface area (Å²) in [6, 6.07) is 9.22. The number of para-hydroxylation sites is 1. The molecule has 0 spiro atoms. The molecule has 0 saturated carbocycles. The lowest BCUT2D eigenvalue weighted by Crippen LogP contribution is -2.32. The fourth-order valence-corrected chi connectivity index (χ4v) is 2.80. The molecule has 1 aliphatic heterocycles. The van der Waals surface area contributed by atoms with Crippen LogP contribution in [0.3, 0.4) is 0 Å². The van der Waals surface area contributed by atoms with Gasteiger partial charge in [-0.25, -0.2) is 0 Å². The highest BCUT2D eigenvalue weighted by Crippen LogP contribution is 2.25. The van der Waals surface area contributed by atoms with Gasteiger partial charge in [-0.15, -0.1) is 0 Å². The van der Waals surface area contributed by atoms with Crippen LogP contribution in [-0.2, 0) is 9.59 Å². The topological polar surface area (TPSA) is 49.7 Å². The Balaban J connectivity index is 2.01. The van der Waals surface area contributed by atoms with Gasteiger partial charge in [-0.3, -0.25) is 9.59 Å². The molecule has 1 aromatic rings. The van der Waals surface area contributed by atoms with Crippen LogP contribution in [-0.4, -0.2) is 22.7 Å². The Hall–Kier alpha value is -1.49. The number of Topliss-reactive ketones (excluding diaryl/α,β-unsaturated/α-hetero) is 1. The molecule has 1 amide bonds. The minimum atomic E-state index is -0.700. The summed E-state index contributed by atoms with van der Waals surface area (Å²) in [6.45, 7) is 1.75. The van der Waals surface area contributed by atoms with Gasteiger partial charge in [0.05, 0.1) is 11.4 Å². The normalized spacial score (nSPS) is 18.0. The van der Waals surface area contributed by atoms with Crippen molar-refractivity contribution >= 4 is 39.0 Å². The Morgan fingerprint density at radius 3 is 2.62 bits per heavy atom. The van der Waals surface area contributed by atoms with Gasteiger partial charge in [-0.2, -0.15) is 10.1 Å². The molecule has 4 nitrogen and oxygen atoms in total. The van der Waals surface area contributed by atoms with E-state index in [1.165, 1.54) is 5.01 Å². The van der Waals surface area contributed by atoms with Gasteiger partial charge in [0, 0.05) is 11.8 Å². The fourth-order valence-electron chi connectivity index (χ4n) is 2.41. The first-order valence-corrected chi connectivity index (χ1v) is 8.30. The summed E-state index contributed by atoms with van der Waals surface area (Å²) in [5.41, 5.74) is 1.30. The molecular weight excluding hydrogens is 332 g/mol. The van der Waals surface area contributed by atoms with E-state index in [0.29, 0.717) is 17.8 Å². The first kappa shape index (κ1) is 15.9. The molecule has 1 aliphatic rings. The zero-order valence-corrected chi connectivity index (χ0v) is 13.7. The van der Waals surface area contributed by atoms with E-state index in [-0.39, 0.29) is 11.7 Å². The molecule has 0 N–H and O–H groups in total. The Morgan fingerprint density at radius 1 is 1.24 bits per heavy atom. The summed E-state index contributed by atoms with van der Waals surface area (Å²) in [7, 11) is 0. The number of amides is 1. The zero-order valence-electron chi connectivity index (χ0n) is 12.1. The van der Waals surface area contributed by atoms with Gasteiger partial charge in [0.25, 0.3) is 5.91 Å². The highest BCUT2D eigenvalue weighted by atomic mass is 79.9. The average molecular weight is 351 g/mol. The van der Waals surface area contributed by atoms with Crippen molar-refractivity contribution in [2.24, 2.45) is 11.0 Å². The predicted molar refractivity (Wildman–Crippen MR) is 87.8 cm³/mol. The van der Waals surface area contributed by atoms with Crippen molar-refractivity contribution in [2.75, 3.05) is 10.3 Å². The van der Waals surface area contributed by atoms with Crippen LogP contribution < -0.4 is 5.01 Å². The number of hydrogen-bond acceptors (Lipinski definition) is 3. The molecule has 0 bridgehead atoms. The number of alkyl halides is 1. The van der Waals surface area contributed by atoms with Crippen molar-refractivity contribution in [1.82, 2.24) is 0 Å². The first-order chi connectivity index (χ1) is 10.1. The Bertz CT molecular complexity index is 542. The third-order valence-corrected chi connectivity index (χ3v) is 4.07. The molecule has 1 aromatic carbocycles. The maximum atomic E-state index is 12.4. The number of ketones is 1. The monoisotopic (exact) mass is 350 g/mol. The summed E-state index contributed by atoms with van der Waals surface area (Å²) >= 11 is 3.37. The van der Waals surface area contributed by atoms with Gasteiger partial charge >= 0.3 is 0 Å². The summed E-state index contributed by atoms with van der Waals surface area (Å²) in [6.07, 6.45) is 3.32. The van der Waals surface area contributed by atoms with E-state index in [2.05, 4.69) is 21.0 Å². The predicted octanol–water partition coefficient (Wildman–Crippen LogP) is 3.55. The van der Waals surface area contributed by atoms with Gasteiger partial charge in [0.15, 0.2) is 5.78 Å². The van der Waals surface area contributed by atoms with Crippen LogP contribution >= 0.6 is 15.9 Å². The molecule has 0 aliphatic carbocycles. The van der Waals surface area contributed by atoms with E-state index in [9.17, 15) is 9.59 Å². The second kappa shape index (κ2) is 7.50. The SMILES string of the molecule is CC1=NN(c2ccccc2)C(=O)C1C(=O)CCCCCBr. The summed E-state index contributed by atoms with van der Waals surface area (Å²) < 4.78 is 0. The van der Waals surface area contributed by atoms with Crippen molar-refractivity contribution in [3.05, 3.63) is 30.3 Å². The molecule has 0 aromatic heterocycles. The smallest absolute Gasteiger partial charge is 0.263 e. The first-order valence-electron chi connectivity index (χ1n) is 7.18. The quantitative estimate of drug-likeness (QED) is 0.429. The summed E-state index contributed by atoms with van der Waals surface area (Å²) in [5, 5.41) is 6.55. The number of hydrogen-bond donors (Lipinski definition) is 0. The molecule has 0 fully saturated rings. The summed E-state index contributed by atoms with van der Waals surface area (Å²) in [4.78, 5) is 24.7. The number of halogens is 1. The van der Waals surface area contributed by atoms with Gasteiger partial charge in [0.1, 0.15) is 5.92 Å². The van der Waals surface area contributed by atoms with Crippen molar-refractivity contribution in [3.63, 3.8) is 0 Å². The maximum absolute atomic E-state index is 12.4. The van der Waals surface area contributed by atoms with Crippen LogP contribution in [0.15, 0.2) is 35.4 Å². The van der Waals surface area contributed by atoms with Gasteiger partial charge in [-0.05, 0) is 31.9 Å². The molecule has 0 radical (unpaired) electrons. The number of rotatable bonds is 7. The van der Waals surface area contributed by atoms with E-state index in [1.807, 2.05) is 30.3 Å². The molecule has 112 valence electrons. The Morgan fingerprint density at radius 2 is 1.95 bits per heavy atom. The van der Waals surface area contributed by atoms with Crippen molar-refractivity contribution in [3.8, 4) is 0 Å². The van der Waals surface area contributed by atoms with E-state index in [0.717, 1.165) is 24.6 Å². The van der Waals surface area contributed by atoms with Gasteiger partial charge in [-0.1, -0.05) is 40.5 Å². The van der Waals surface area contributed by atoms with Crippen LogP contribution in [0.5, 0.6) is 0 Å². The fraction of sp³-hybridized carbons (Fsp3) is 0.438.